The van der Waals surface area contributed by atoms with Gasteiger partial charge >= 0.3 is 0 Å². The van der Waals surface area contributed by atoms with Gasteiger partial charge in [-0.2, -0.15) is 5.10 Å². The Morgan fingerprint density at radius 3 is 2.83 bits per heavy atom. The topological polar surface area (TPSA) is 53.6 Å². The number of nitrogens with one attached hydrogen (secondary N) is 2. The van der Waals surface area contributed by atoms with Gasteiger partial charge in [0.15, 0.2) is 0 Å². The number of H-pyrrole nitrogens is 1. The highest BCUT2D eigenvalue weighted by Gasteiger charge is 2.17. The highest BCUT2D eigenvalue weighted by Crippen LogP contribution is 2.19. The molecule has 2 atom stereocenters. The average Bonchev–Trinajstić information content (AvgIpc) is 2.58. The second kappa shape index (κ2) is 4.21. The minimum atomic E-state index is 0.289. The molecular weight excluding hydrogens is 152 g/mol. The third kappa shape index (κ3) is 1.82. The van der Waals surface area contributed by atoms with E-state index in [2.05, 4.69) is 34.3 Å². The summed E-state index contributed by atoms with van der Waals surface area (Å²) in [5, 5.41) is 9.93. The fourth-order valence-electron chi connectivity index (χ4n) is 1.29. The Labute approximate surface area is 72.8 Å². The Morgan fingerprint density at radius 2 is 2.42 bits per heavy atom. The van der Waals surface area contributed by atoms with Gasteiger partial charge in [-0.25, -0.2) is 4.98 Å². The van der Waals surface area contributed by atoms with Crippen LogP contribution in [0.5, 0.6) is 0 Å². The van der Waals surface area contributed by atoms with Crippen molar-refractivity contribution in [1.29, 1.82) is 0 Å². The number of nitrogens with zero attached hydrogens (tertiary/aromatic N) is 2. The van der Waals surface area contributed by atoms with Crippen LogP contribution in [-0.4, -0.2) is 22.2 Å². The lowest BCUT2D eigenvalue weighted by Gasteiger charge is -2.19. The van der Waals surface area contributed by atoms with Gasteiger partial charge in [0.1, 0.15) is 12.2 Å². The maximum absolute atomic E-state index is 4.13. The molecule has 12 heavy (non-hydrogen) atoms. The molecular formula is C8H16N4. The van der Waals surface area contributed by atoms with Gasteiger partial charge in [-0.3, -0.25) is 5.10 Å². The van der Waals surface area contributed by atoms with Crippen LogP contribution in [0.2, 0.25) is 0 Å². The molecule has 1 heterocycles. The third-order valence-electron chi connectivity index (χ3n) is 2.25. The normalized spacial score (nSPS) is 15.9. The van der Waals surface area contributed by atoms with Crippen molar-refractivity contribution in [2.75, 3.05) is 7.05 Å². The predicted molar refractivity (Wildman–Crippen MR) is 47.6 cm³/mol. The molecule has 0 aliphatic rings. The molecule has 2 N–H and O–H groups in total. The van der Waals surface area contributed by atoms with Crippen molar-refractivity contribution in [1.82, 2.24) is 20.5 Å². The Morgan fingerprint density at radius 1 is 1.67 bits per heavy atom. The predicted octanol–water partition coefficient (Wildman–Crippen LogP) is 1.11. The fraction of sp³-hybridized carbons (Fsp3) is 0.750. The molecule has 0 saturated carbocycles. The number of rotatable bonds is 4. The molecule has 1 aromatic heterocycles. The lowest BCUT2D eigenvalue weighted by atomic mass is 9.99. The minimum Gasteiger partial charge on any atom is -0.310 e. The van der Waals surface area contributed by atoms with Crippen LogP contribution in [0, 0.1) is 5.92 Å². The van der Waals surface area contributed by atoms with Crippen molar-refractivity contribution < 1.29 is 0 Å². The Hall–Kier alpha value is -0.900. The number of aromatic amines is 1. The minimum absolute atomic E-state index is 0.289. The molecule has 0 radical (unpaired) electrons. The number of hydrogen-bond donors (Lipinski definition) is 2. The molecule has 0 bridgehead atoms. The van der Waals surface area contributed by atoms with E-state index in [9.17, 15) is 0 Å². The van der Waals surface area contributed by atoms with Crippen molar-refractivity contribution in [3.05, 3.63) is 12.2 Å². The van der Waals surface area contributed by atoms with Crippen LogP contribution in [0.25, 0.3) is 0 Å². The molecule has 0 aliphatic carbocycles. The molecule has 0 amide bonds. The second-order valence-electron chi connectivity index (χ2n) is 3.02. The van der Waals surface area contributed by atoms with Gasteiger partial charge < -0.3 is 5.32 Å². The van der Waals surface area contributed by atoms with Gasteiger partial charge in [0.05, 0.1) is 6.04 Å². The first-order chi connectivity index (χ1) is 5.79. The zero-order valence-electron chi connectivity index (χ0n) is 7.83. The summed E-state index contributed by atoms with van der Waals surface area (Å²) >= 11 is 0. The average molecular weight is 168 g/mol. The summed E-state index contributed by atoms with van der Waals surface area (Å²) in [6.07, 6.45) is 2.67. The molecule has 4 heteroatoms. The van der Waals surface area contributed by atoms with Crippen LogP contribution in [-0.2, 0) is 0 Å². The molecule has 0 fully saturated rings. The lowest BCUT2D eigenvalue weighted by molar-refractivity contribution is 0.385. The van der Waals surface area contributed by atoms with E-state index in [0.717, 1.165) is 12.2 Å². The van der Waals surface area contributed by atoms with E-state index in [0.29, 0.717) is 5.92 Å². The number of hydrogen-bond acceptors (Lipinski definition) is 3. The van der Waals surface area contributed by atoms with Crippen LogP contribution in [0.4, 0.5) is 0 Å². The van der Waals surface area contributed by atoms with Crippen molar-refractivity contribution >= 4 is 0 Å². The van der Waals surface area contributed by atoms with E-state index in [1.165, 1.54) is 0 Å². The lowest BCUT2D eigenvalue weighted by Crippen LogP contribution is -2.24. The molecule has 2 unspecified atom stereocenters. The van der Waals surface area contributed by atoms with Crippen LogP contribution >= 0.6 is 0 Å². The van der Waals surface area contributed by atoms with Crippen LogP contribution in [0.1, 0.15) is 32.1 Å². The van der Waals surface area contributed by atoms with Crippen LogP contribution < -0.4 is 5.32 Å². The van der Waals surface area contributed by atoms with E-state index in [1.54, 1.807) is 6.33 Å². The molecule has 1 aromatic rings. The number of aromatic nitrogens is 3. The van der Waals surface area contributed by atoms with Gasteiger partial charge in [0, 0.05) is 0 Å². The fourth-order valence-corrected chi connectivity index (χ4v) is 1.29. The van der Waals surface area contributed by atoms with Crippen molar-refractivity contribution in [2.45, 2.75) is 26.3 Å². The molecule has 0 aliphatic heterocycles. The standard InChI is InChI=1S/C8H16N4/c1-4-6(2)7(9-3)8-10-5-11-12-8/h5-7,9H,4H2,1-3H3,(H,10,11,12). The van der Waals surface area contributed by atoms with Crippen molar-refractivity contribution in [2.24, 2.45) is 5.92 Å². The summed E-state index contributed by atoms with van der Waals surface area (Å²) in [5.41, 5.74) is 0. The zero-order valence-corrected chi connectivity index (χ0v) is 7.83. The van der Waals surface area contributed by atoms with Gasteiger partial charge in [0.2, 0.25) is 0 Å². The van der Waals surface area contributed by atoms with E-state index in [1.807, 2.05) is 7.05 Å². The Bertz CT molecular complexity index is 207. The first-order valence-electron chi connectivity index (χ1n) is 4.32. The van der Waals surface area contributed by atoms with Crippen LogP contribution in [0.15, 0.2) is 6.33 Å². The molecule has 0 spiro atoms. The van der Waals surface area contributed by atoms with Gasteiger partial charge in [-0.15, -0.1) is 0 Å². The van der Waals surface area contributed by atoms with Crippen molar-refractivity contribution in [3.63, 3.8) is 0 Å². The highest BCUT2D eigenvalue weighted by molar-refractivity contribution is 4.92. The second-order valence-corrected chi connectivity index (χ2v) is 3.02. The van der Waals surface area contributed by atoms with Gasteiger partial charge in [-0.05, 0) is 13.0 Å². The smallest absolute Gasteiger partial charge is 0.141 e. The maximum Gasteiger partial charge on any atom is 0.141 e. The Balaban J connectivity index is 2.69. The maximum atomic E-state index is 4.13. The monoisotopic (exact) mass is 168 g/mol. The first-order valence-corrected chi connectivity index (χ1v) is 4.32. The molecule has 0 aromatic carbocycles. The molecule has 1 rings (SSSR count). The summed E-state index contributed by atoms with van der Waals surface area (Å²) in [6, 6.07) is 0.289. The zero-order chi connectivity index (χ0) is 8.97. The molecule has 0 saturated heterocycles. The van der Waals surface area contributed by atoms with E-state index in [-0.39, 0.29) is 6.04 Å². The summed E-state index contributed by atoms with van der Waals surface area (Å²) < 4.78 is 0. The summed E-state index contributed by atoms with van der Waals surface area (Å²) in [7, 11) is 1.94. The van der Waals surface area contributed by atoms with Crippen molar-refractivity contribution in [3.8, 4) is 0 Å². The highest BCUT2D eigenvalue weighted by atomic mass is 15.2. The molecule has 68 valence electrons. The van der Waals surface area contributed by atoms with Gasteiger partial charge in [0.25, 0.3) is 0 Å². The first kappa shape index (κ1) is 9.19. The Kier molecular flexibility index (Phi) is 3.22. The third-order valence-corrected chi connectivity index (χ3v) is 2.25. The van der Waals surface area contributed by atoms with Gasteiger partial charge in [-0.1, -0.05) is 20.3 Å². The van der Waals surface area contributed by atoms with E-state index < -0.39 is 0 Å². The largest absolute Gasteiger partial charge is 0.310 e. The van der Waals surface area contributed by atoms with E-state index in [4.69, 9.17) is 0 Å². The summed E-state index contributed by atoms with van der Waals surface area (Å²) in [4.78, 5) is 4.13. The quantitative estimate of drug-likeness (QED) is 0.708. The molecule has 4 nitrogen and oxygen atoms in total. The van der Waals surface area contributed by atoms with Crippen LogP contribution in [0.3, 0.4) is 0 Å². The summed E-state index contributed by atoms with van der Waals surface area (Å²) in [6.45, 7) is 4.37. The van der Waals surface area contributed by atoms with E-state index >= 15 is 0 Å². The SMILES string of the molecule is CCC(C)C(NC)c1ncn[nH]1. The summed E-state index contributed by atoms with van der Waals surface area (Å²) in [5.74, 6) is 1.50.